The van der Waals surface area contributed by atoms with Gasteiger partial charge in [0.25, 0.3) is 0 Å². The SMILES string of the molecule is COC(=O)CC[C@H](CC(=O)OC(C)(C)C)C(=O)OCc1ccccc1. The molecule has 0 bridgehead atoms. The first-order valence-corrected chi connectivity index (χ1v) is 8.20. The Kier molecular flexibility index (Phi) is 8.11. The van der Waals surface area contributed by atoms with E-state index in [9.17, 15) is 14.4 Å². The van der Waals surface area contributed by atoms with Crippen LogP contribution in [0.5, 0.6) is 0 Å². The lowest BCUT2D eigenvalue weighted by Crippen LogP contribution is -2.28. The van der Waals surface area contributed by atoms with E-state index in [0.717, 1.165) is 5.56 Å². The second-order valence-electron chi connectivity index (χ2n) is 6.70. The van der Waals surface area contributed by atoms with Crippen molar-refractivity contribution in [2.75, 3.05) is 7.11 Å². The van der Waals surface area contributed by atoms with Crippen LogP contribution < -0.4 is 0 Å². The van der Waals surface area contributed by atoms with E-state index in [-0.39, 0.29) is 25.9 Å². The van der Waals surface area contributed by atoms with Gasteiger partial charge < -0.3 is 14.2 Å². The lowest BCUT2D eigenvalue weighted by molar-refractivity contribution is -0.162. The molecular formula is C19H26O6. The molecule has 6 nitrogen and oxygen atoms in total. The highest BCUT2D eigenvalue weighted by atomic mass is 16.6. The number of esters is 3. The highest BCUT2D eigenvalue weighted by Gasteiger charge is 2.27. The molecule has 6 heteroatoms. The van der Waals surface area contributed by atoms with Crippen LogP contribution in [0, 0.1) is 5.92 Å². The predicted octanol–water partition coefficient (Wildman–Crippen LogP) is 3.03. The van der Waals surface area contributed by atoms with Crippen LogP contribution in [-0.4, -0.2) is 30.6 Å². The van der Waals surface area contributed by atoms with Crippen LogP contribution in [0.4, 0.5) is 0 Å². The van der Waals surface area contributed by atoms with Gasteiger partial charge in [0.05, 0.1) is 19.4 Å². The second kappa shape index (κ2) is 9.81. The number of methoxy groups -OCH3 is 1. The van der Waals surface area contributed by atoms with Crippen LogP contribution in [0.2, 0.25) is 0 Å². The van der Waals surface area contributed by atoms with Crippen molar-refractivity contribution >= 4 is 17.9 Å². The van der Waals surface area contributed by atoms with Crippen LogP contribution in [-0.2, 0) is 35.2 Å². The van der Waals surface area contributed by atoms with Gasteiger partial charge in [-0.25, -0.2) is 0 Å². The molecule has 138 valence electrons. The molecule has 0 N–H and O–H groups in total. The quantitative estimate of drug-likeness (QED) is 0.530. The highest BCUT2D eigenvalue weighted by Crippen LogP contribution is 2.18. The highest BCUT2D eigenvalue weighted by molar-refractivity contribution is 5.80. The predicted molar refractivity (Wildman–Crippen MR) is 91.4 cm³/mol. The number of benzene rings is 1. The van der Waals surface area contributed by atoms with Crippen LogP contribution in [0.1, 0.15) is 45.6 Å². The Bertz CT molecular complexity index is 573. The zero-order valence-corrected chi connectivity index (χ0v) is 15.2. The Morgan fingerprint density at radius 1 is 1.04 bits per heavy atom. The van der Waals surface area contributed by atoms with Crippen molar-refractivity contribution in [3.8, 4) is 0 Å². The van der Waals surface area contributed by atoms with E-state index in [2.05, 4.69) is 4.74 Å². The van der Waals surface area contributed by atoms with Gasteiger partial charge in [-0.3, -0.25) is 14.4 Å². The summed E-state index contributed by atoms with van der Waals surface area (Å²) in [5.74, 6) is -2.22. The van der Waals surface area contributed by atoms with E-state index < -0.39 is 29.4 Å². The summed E-state index contributed by atoms with van der Waals surface area (Å²) < 4.78 is 15.1. The van der Waals surface area contributed by atoms with Crippen molar-refractivity contribution in [3.05, 3.63) is 35.9 Å². The zero-order chi connectivity index (χ0) is 18.9. The molecule has 1 aromatic carbocycles. The largest absolute Gasteiger partial charge is 0.469 e. The van der Waals surface area contributed by atoms with Gasteiger partial charge in [-0.05, 0) is 32.8 Å². The first-order valence-electron chi connectivity index (χ1n) is 8.20. The summed E-state index contributed by atoms with van der Waals surface area (Å²) in [4.78, 5) is 35.7. The Morgan fingerprint density at radius 2 is 1.68 bits per heavy atom. The molecule has 1 aromatic rings. The van der Waals surface area contributed by atoms with E-state index in [1.165, 1.54) is 7.11 Å². The van der Waals surface area contributed by atoms with Crippen molar-refractivity contribution in [1.29, 1.82) is 0 Å². The molecule has 1 atom stereocenters. The summed E-state index contributed by atoms with van der Waals surface area (Å²) in [7, 11) is 1.28. The number of carbonyl (C=O) groups excluding carboxylic acids is 3. The number of hydrogen-bond donors (Lipinski definition) is 0. The number of ether oxygens (including phenoxy) is 3. The Morgan fingerprint density at radius 3 is 2.24 bits per heavy atom. The van der Waals surface area contributed by atoms with Gasteiger partial charge in [0.2, 0.25) is 0 Å². The Labute approximate surface area is 148 Å². The summed E-state index contributed by atoms with van der Waals surface area (Å²) in [5, 5.41) is 0. The fourth-order valence-corrected chi connectivity index (χ4v) is 2.13. The smallest absolute Gasteiger partial charge is 0.309 e. The molecule has 0 amide bonds. The normalized spacial score (nSPS) is 12.2. The van der Waals surface area contributed by atoms with Gasteiger partial charge in [0, 0.05) is 6.42 Å². The van der Waals surface area contributed by atoms with Gasteiger partial charge in [-0.1, -0.05) is 30.3 Å². The van der Waals surface area contributed by atoms with E-state index in [1.807, 2.05) is 30.3 Å². The zero-order valence-electron chi connectivity index (χ0n) is 15.2. The number of rotatable bonds is 8. The summed E-state index contributed by atoms with van der Waals surface area (Å²) >= 11 is 0. The second-order valence-corrected chi connectivity index (χ2v) is 6.70. The molecule has 0 fully saturated rings. The molecule has 0 aliphatic carbocycles. The molecule has 0 saturated heterocycles. The minimum atomic E-state index is -0.752. The van der Waals surface area contributed by atoms with Crippen LogP contribution in [0.15, 0.2) is 30.3 Å². The summed E-state index contributed by atoms with van der Waals surface area (Å²) in [5.41, 5.74) is 0.206. The lowest BCUT2D eigenvalue weighted by Gasteiger charge is -2.21. The van der Waals surface area contributed by atoms with E-state index in [4.69, 9.17) is 9.47 Å². The van der Waals surface area contributed by atoms with Crippen LogP contribution in [0.25, 0.3) is 0 Å². The number of hydrogen-bond acceptors (Lipinski definition) is 6. The van der Waals surface area contributed by atoms with E-state index in [0.29, 0.717) is 0 Å². The van der Waals surface area contributed by atoms with Crippen molar-refractivity contribution in [2.45, 2.75) is 52.2 Å². The molecule has 0 aliphatic rings. The maximum atomic E-state index is 12.3. The standard InChI is InChI=1S/C19H26O6/c1-19(2,3)25-17(21)12-15(10-11-16(20)23-4)18(22)24-13-14-8-6-5-7-9-14/h5-9,15H,10-13H2,1-4H3/t15-/m1/s1. The minimum absolute atomic E-state index is 0.0321. The molecule has 0 aliphatic heterocycles. The third kappa shape index (κ3) is 8.88. The Balaban J connectivity index is 2.66. The molecule has 0 saturated carbocycles. The van der Waals surface area contributed by atoms with E-state index in [1.54, 1.807) is 20.8 Å². The molecular weight excluding hydrogens is 324 g/mol. The third-order valence-corrected chi connectivity index (χ3v) is 3.31. The molecule has 0 aromatic heterocycles. The summed E-state index contributed by atoms with van der Waals surface area (Å²) in [6.45, 7) is 5.37. The van der Waals surface area contributed by atoms with Crippen molar-refractivity contribution < 1.29 is 28.6 Å². The molecule has 0 spiro atoms. The van der Waals surface area contributed by atoms with Crippen molar-refractivity contribution in [1.82, 2.24) is 0 Å². The van der Waals surface area contributed by atoms with Crippen LogP contribution >= 0.6 is 0 Å². The Hall–Kier alpha value is -2.37. The van der Waals surface area contributed by atoms with Crippen LogP contribution in [0.3, 0.4) is 0 Å². The maximum absolute atomic E-state index is 12.3. The van der Waals surface area contributed by atoms with Crippen molar-refractivity contribution in [2.24, 2.45) is 5.92 Å². The number of carbonyl (C=O) groups is 3. The maximum Gasteiger partial charge on any atom is 0.309 e. The monoisotopic (exact) mass is 350 g/mol. The first kappa shape index (κ1) is 20.7. The average Bonchev–Trinajstić information content (AvgIpc) is 2.55. The average molecular weight is 350 g/mol. The summed E-state index contributed by atoms with van der Waals surface area (Å²) in [6, 6.07) is 9.24. The van der Waals surface area contributed by atoms with Gasteiger partial charge in [-0.2, -0.15) is 0 Å². The molecule has 0 radical (unpaired) electrons. The fraction of sp³-hybridized carbons (Fsp3) is 0.526. The molecule has 1 rings (SSSR count). The molecule has 0 heterocycles. The van der Waals surface area contributed by atoms with E-state index >= 15 is 0 Å². The van der Waals surface area contributed by atoms with Crippen molar-refractivity contribution in [3.63, 3.8) is 0 Å². The lowest BCUT2D eigenvalue weighted by atomic mass is 9.99. The first-order chi connectivity index (χ1) is 11.7. The minimum Gasteiger partial charge on any atom is -0.469 e. The van der Waals surface area contributed by atoms with Gasteiger partial charge >= 0.3 is 17.9 Å². The molecule has 25 heavy (non-hydrogen) atoms. The van der Waals surface area contributed by atoms with Gasteiger partial charge in [-0.15, -0.1) is 0 Å². The topological polar surface area (TPSA) is 78.9 Å². The van der Waals surface area contributed by atoms with Gasteiger partial charge in [0.15, 0.2) is 0 Å². The third-order valence-electron chi connectivity index (χ3n) is 3.31. The fourth-order valence-electron chi connectivity index (χ4n) is 2.13. The molecule has 0 unspecified atom stereocenters. The van der Waals surface area contributed by atoms with Gasteiger partial charge in [0.1, 0.15) is 12.2 Å². The summed E-state index contributed by atoms with van der Waals surface area (Å²) in [6.07, 6.45) is 0.0613.